The first-order valence-corrected chi connectivity index (χ1v) is 5.40. The molecule has 0 amide bonds. The van der Waals surface area contributed by atoms with Crippen molar-refractivity contribution in [3.8, 4) is 0 Å². The van der Waals surface area contributed by atoms with E-state index in [1.807, 2.05) is 26.0 Å². The van der Waals surface area contributed by atoms with Gasteiger partial charge >= 0.3 is 0 Å². The molecule has 0 saturated heterocycles. The number of nitrogen functional groups attached to an aromatic ring is 1. The third kappa shape index (κ3) is 2.24. The zero-order valence-electron chi connectivity index (χ0n) is 8.61. The first-order chi connectivity index (χ1) is 7.15. The lowest BCUT2D eigenvalue weighted by Crippen LogP contribution is -1.96. The number of pyridine rings is 1. The molecular weight excluding hydrogens is 208 g/mol. The van der Waals surface area contributed by atoms with Gasteiger partial charge in [0.2, 0.25) is 0 Å². The van der Waals surface area contributed by atoms with Gasteiger partial charge in [0.1, 0.15) is 11.6 Å². The summed E-state index contributed by atoms with van der Waals surface area (Å²) >= 11 is 1.61. The van der Waals surface area contributed by atoms with Crippen molar-refractivity contribution in [1.29, 1.82) is 0 Å². The number of hydrogen-bond donors (Lipinski definition) is 2. The lowest BCUT2D eigenvalue weighted by molar-refractivity contribution is 1.22. The van der Waals surface area contributed by atoms with Crippen LogP contribution in [0.15, 0.2) is 18.2 Å². The SMILES string of the molecule is Cc1nc(Nc2cccc(N)n2)sc1C. The van der Waals surface area contributed by atoms with Gasteiger partial charge in [-0.25, -0.2) is 9.97 Å². The van der Waals surface area contributed by atoms with E-state index in [0.29, 0.717) is 5.82 Å². The second kappa shape index (κ2) is 3.86. The van der Waals surface area contributed by atoms with Crippen molar-refractivity contribution in [2.45, 2.75) is 13.8 Å². The van der Waals surface area contributed by atoms with Gasteiger partial charge in [0.25, 0.3) is 0 Å². The fourth-order valence-corrected chi connectivity index (χ4v) is 1.98. The highest BCUT2D eigenvalue weighted by molar-refractivity contribution is 7.15. The van der Waals surface area contributed by atoms with Crippen LogP contribution in [0.3, 0.4) is 0 Å². The fourth-order valence-electron chi connectivity index (χ4n) is 1.16. The van der Waals surface area contributed by atoms with E-state index in [9.17, 15) is 0 Å². The number of rotatable bonds is 2. The Hall–Kier alpha value is -1.62. The van der Waals surface area contributed by atoms with E-state index in [1.54, 1.807) is 17.4 Å². The summed E-state index contributed by atoms with van der Waals surface area (Å²) in [4.78, 5) is 9.71. The van der Waals surface area contributed by atoms with Crippen molar-refractivity contribution in [3.05, 3.63) is 28.8 Å². The van der Waals surface area contributed by atoms with Gasteiger partial charge in [0.05, 0.1) is 5.69 Å². The maximum atomic E-state index is 5.58. The molecule has 0 radical (unpaired) electrons. The first kappa shape index (κ1) is 9.92. The van der Waals surface area contributed by atoms with Crippen LogP contribution in [0, 0.1) is 13.8 Å². The number of thiazole rings is 1. The Balaban J connectivity index is 2.22. The van der Waals surface area contributed by atoms with Crippen molar-refractivity contribution >= 4 is 28.1 Å². The van der Waals surface area contributed by atoms with Crippen LogP contribution in [0.25, 0.3) is 0 Å². The molecule has 0 bridgehead atoms. The summed E-state index contributed by atoms with van der Waals surface area (Å²) in [7, 11) is 0. The van der Waals surface area contributed by atoms with Crippen molar-refractivity contribution in [2.75, 3.05) is 11.1 Å². The Labute approximate surface area is 92.2 Å². The van der Waals surface area contributed by atoms with Gasteiger partial charge in [-0.3, -0.25) is 0 Å². The number of aromatic nitrogens is 2. The molecule has 78 valence electrons. The maximum absolute atomic E-state index is 5.58. The third-order valence-corrected chi connectivity index (χ3v) is 3.02. The minimum absolute atomic E-state index is 0.505. The normalized spacial score (nSPS) is 10.3. The molecule has 4 nitrogen and oxygen atoms in total. The molecule has 0 unspecified atom stereocenters. The molecule has 2 aromatic rings. The molecule has 0 fully saturated rings. The Kier molecular flexibility index (Phi) is 2.55. The monoisotopic (exact) mass is 220 g/mol. The minimum atomic E-state index is 0.505. The first-order valence-electron chi connectivity index (χ1n) is 4.59. The van der Waals surface area contributed by atoms with E-state index in [0.717, 1.165) is 16.6 Å². The molecule has 0 saturated carbocycles. The second-order valence-corrected chi connectivity index (χ2v) is 4.44. The summed E-state index contributed by atoms with van der Waals surface area (Å²) in [5.41, 5.74) is 6.63. The zero-order valence-corrected chi connectivity index (χ0v) is 9.43. The quantitative estimate of drug-likeness (QED) is 0.816. The van der Waals surface area contributed by atoms with Crippen LogP contribution in [0.5, 0.6) is 0 Å². The van der Waals surface area contributed by atoms with Crippen molar-refractivity contribution < 1.29 is 0 Å². The number of nitrogens with zero attached hydrogens (tertiary/aromatic N) is 2. The average Bonchev–Trinajstić information content (AvgIpc) is 2.45. The third-order valence-electron chi connectivity index (χ3n) is 2.03. The molecule has 3 N–H and O–H groups in total. The zero-order chi connectivity index (χ0) is 10.8. The van der Waals surface area contributed by atoms with Crippen LogP contribution in [-0.4, -0.2) is 9.97 Å². The number of anilines is 3. The second-order valence-electron chi connectivity index (χ2n) is 3.23. The number of nitrogens with one attached hydrogen (secondary N) is 1. The van der Waals surface area contributed by atoms with Crippen molar-refractivity contribution in [2.24, 2.45) is 0 Å². The molecule has 0 aromatic carbocycles. The Morgan fingerprint density at radius 2 is 2.07 bits per heavy atom. The molecule has 2 rings (SSSR count). The van der Waals surface area contributed by atoms with Gasteiger partial charge in [-0.1, -0.05) is 6.07 Å². The lowest BCUT2D eigenvalue weighted by Gasteiger charge is -2.01. The fraction of sp³-hybridized carbons (Fsp3) is 0.200. The summed E-state index contributed by atoms with van der Waals surface area (Å²) < 4.78 is 0. The Morgan fingerprint density at radius 1 is 1.27 bits per heavy atom. The van der Waals surface area contributed by atoms with Gasteiger partial charge in [-0.15, -0.1) is 11.3 Å². The highest BCUT2D eigenvalue weighted by atomic mass is 32.1. The number of aryl methyl sites for hydroxylation is 2. The molecule has 5 heteroatoms. The topological polar surface area (TPSA) is 63.8 Å². The average molecular weight is 220 g/mol. The number of nitrogens with two attached hydrogens (primary N) is 1. The summed E-state index contributed by atoms with van der Waals surface area (Å²) in [5.74, 6) is 1.23. The van der Waals surface area contributed by atoms with Crippen LogP contribution < -0.4 is 11.1 Å². The van der Waals surface area contributed by atoms with Gasteiger partial charge in [0, 0.05) is 4.88 Å². The maximum Gasteiger partial charge on any atom is 0.188 e. The highest BCUT2D eigenvalue weighted by Crippen LogP contribution is 2.24. The van der Waals surface area contributed by atoms with Crippen LogP contribution in [0.2, 0.25) is 0 Å². The van der Waals surface area contributed by atoms with E-state index < -0.39 is 0 Å². The van der Waals surface area contributed by atoms with Crippen LogP contribution in [-0.2, 0) is 0 Å². The molecular formula is C10H12N4S. The van der Waals surface area contributed by atoms with Crippen LogP contribution in [0.4, 0.5) is 16.8 Å². The summed E-state index contributed by atoms with van der Waals surface area (Å²) in [6.07, 6.45) is 0. The molecule has 15 heavy (non-hydrogen) atoms. The summed E-state index contributed by atoms with van der Waals surface area (Å²) in [6.45, 7) is 4.04. The Morgan fingerprint density at radius 3 is 2.67 bits per heavy atom. The molecule has 2 aromatic heterocycles. The van der Waals surface area contributed by atoms with E-state index in [4.69, 9.17) is 5.73 Å². The predicted molar refractivity (Wildman–Crippen MR) is 63.5 cm³/mol. The molecule has 0 atom stereocenters. The minimum Gasteiger partial charge on any atom is -0.384 e. The van der Waals surface area contributed by atoms with Gasteiger partial charge in [0.15, 0.2) is 5.13 Å². The molecule has 0 spiro atoms. The van der Waals surface area contributed by atoms with Gasteiger partial charge in [-0.2, -0.15) is 0 Å². The van der Waals surface area contributed by atoms with E-state index in [2.05, 4.69) is 15.3 Å². The van der Waals surface area contributed by atoms with Crippen LogP contribution >= 0.6 is 11.3 Å². The number of hydrogen-bond acceptors (Lipinski definition) is 5. The van der Waals surface area contributed by atoms with E-state index in [-0.39, 0.29) is 0 Å². The Bertz CT molecular complexity index is 459. The van der Waals surface area contributed by atoms with Gasteiger partial charge in [-0.05, 0) is 26.0 Å². The van der Waals surface area contributed by atoms with Crippen LogP contribution in [0.1, 0.15) is 10.6 Å². The lowest BCUT2D eigenvalue weighted by atomic mass is 10.4. The van der Waals surface area contributed by atoms with Gasteiger partial charge < -0.3 is 11.1 Å². The highest BCUT2D eigenvalue weighted by Gasteiger charge is 2.03. The van der Waals surface area contributed by atoms with Crippen molar-refractivity contribution in [3.63, 3.8) is 0 Å². The largest absolute Gasteiger partial charge is 0.384 e. The standard InChI is InChI=1S/C10H12N4S/c1-6-7(2)15-10(12-6)14-9-5-3-4-8(11)13-9/h3-5H,1-2H3,(H3,11,12,13,14). The molecule has 2 heterocycles. The smallest absolute Gasteiger partial charge is 0.188 e. The molecule has 0 aliphatic carbocycles. The van der Waals surface area contributed by atoms with E-state index in [1.165, 1.54) is 4.88 Å². The molecule has 0 aliphatic heterocycles. The molecule has 0 aliphatic rings. The summed E-state index contributed by atoms with van der Waals surface area (Å²) in [5, 5.41) is 3.97. The van der Waals surface area contributed by atoms with Crippen molar-refractivity contribution in [1.82, 2.24) is 9.97 Å². The predicted octanol–water partition coefficient (Wildman–Crippen LogP) is 2.48. The van der Waals surface area contributed by atoms with E-state index >= 15 is 0 Å². The summed E-state index contributed by atoms with van der Waals surface area (Å²) in [6, 6.07) is 5.48.